The smallest absolute Gasteiger partial charge is 0.239 e. The van der Waals surface area contributed by atoms with E-state index in [1.54, 1.807) is 7.11 Å². The Balaban J connectivity index is 1.35. The molecule has 138 valence electrons. The van der Waals surface area contributed by atoms with E-state index in [9.17, 15) is 4.79 Å². The Labute approximate surface area is 149 Å². The van der Waals surface area contributed by atoms with Gasteiger partial charge in [0.05, 0.1) is 20.3 Å². The van der Waals surface area contributed by atoms with Gasteiger partial charge in [-0.25, -0.2) is 0 Å². The zero-order chi connectivity index (χ0) is 17.5. The summed E-state index contributed by atoms with van der Waals surface area (Å²) in [4.78, 5) is 14.6. The molecule has 2 fully saturated rings. The summed E-state index contributed by atoms with van der Waals surface area (Å²) in [5.74, 6) is 1.54. The first-order valence-corrected chi connectivity index (χ1v) is 9.18. The van der Waals surface area contributed by atoms with Crippen LogP contribution in [0.25, 0.3) is 0 Å². The van der Waals surface area contributed by atoms with Gasteiger partial charge in [0.25, 0.3) is 0 Å². The quantitative estimate of drug-likeness (QED) is 0.804. The average molecular weight is 347 g/mol. The molecule has 1 amide bonds. The molecule has 2 aliphatic heterocycles. The maximum atomic E-state index is 12.1. The van der Waals surface area contributed by atoms with Crippen LogP contribution in [0.15, 0.2) is 24.3 Å². The lowest BCUT2D eigenvalue weighted by Crippen LogP contribution is -2.52. The lowest BCUT2D eigenvalue weighted by Gasteiger charge is -2.32. The molecular formula is C19H29N3O3. The number of hydrogen-bond donors (Lipinski definition) is 2. The Kier molecular flexibility index (Phi) is 6.67. The average Bonchev–Trinajstić information content (AvgIpc) is 2.68. The van der Waals surface area contributed by atoms with Gasteiger partial charge in [-0.3, -0.25) is 9.69 Å². The van der Waals surface area contributed by atoms with Crippen molar-refractivity contribution in [2.45, 2.75) is 25.4 Å². The highest BCUT2D eigenvalue weighted by atomic mass is 16.5. The van der Waals surface area contributed by atoms with Crippen molar-refractivity contribution in [3.8, 4) is 5.75 Å². The van der Waals surface area contributed by atoms with Crippen LogP contribution >= 0.6 is 0 Å². The highest BCUT2D eigenvalue weighted by molar-refractivity contribution is 5.81. The zero-order valence-corrected chi connectivity index (χ0v) is 15.0. The van der Waals surface area contributed by atoms with E-state index in [1.807, 2.05) is 12.1 Å². The molecule has 25 heavy (non-hydrogen) atoms. The molecule has 6 nitrogen and oxygen atoms in total. The number of morpholine rings is 1. The standard InChI is InChI=1S/C19H29N3O3/c1-24-17-4-2-16(3-5-17)13-22-9-6-15(7-10-22)12-21-19(23)18-14-25-11-8-20-18/h2-5,15,18,20H,6-14H2,1H3,(H,21,23)/t18-/m0/s1. The zero-order valence-electron chi connectivity index (χ0n) is 15.0. The van der Waals surface area contributed by atoms with Crippen LogP contribution < -0.4 is 15.4 Å². The largest absolute Gasteiger partial charge is 0.497 e. The minimum atomic E-state index is -0.191. The van der Waals surface area contributed by atoms with Crippen LogP contribution in [0.3, 0.4) is 0 Å². The molecule has 2 aliphatic rings. The second-order valence-electron chi connectivity index (χ2n) is 6.89. The fourth-order valence-corrected chi connectivity index (χ4v) is 3.44. The van der Waals surface area contributed by atoms with Crippen molar-refractivity contribution >= 4 is 5.91 Å². The highest BCUT2D eigenvalue weighted by Gasteiger charge is 2.23. The molecule has 0 aromatic heterocycles. The van der Waals surface area contributed by atoms with Crippen molar-refractivity contribution in [1.29, 1.82) is 0 Å². The summed E-state index contributed by atoms with van der Waals surface area (Å²) < 4.78 is 10.5. The predicted octanol–water partition coefficient (Wildman–Crippen LogP) is 1.01. The second kappa shape index (κ2) is 9.17. The monoisotopic (exact) mass is 347 g/mol. The van der Waals surface area contributed by atoms with Crippen molar-refractivity contribution in [3.05, 3.63) is 29.8 Å². The number of ether oxygens (including phenoxy) is 2. The number of likely N-dealkylation sites (tertiary alicyclic amines) is 1. The van der Waals surface area contributed by atoms with Crippen LogP contribution in [0.5, 0.6) is 5.75 Å². The molecule has 0 unspecified atom stereocenters. The van der Waals surface area contributed by atoms with Crippen LogP contribution in [-0.2, 0) is 16.1 Å². The molecule has 0 aliphatic carbocycles. The molecule has 1 atom stereocenters. The minimum absolute atomic E-state index is 0.0698. The molecule has 0 spiro atoms. The molecule has 2 N–H and O–H groups in total. The van der Waals surface area contributed by atoms with Crippen LogP contribution in [0.4, 0.5) is 0 Å². The number of piperidine rings is 1. The van der Waals surface area contributed by atoms with E-state index >= 15 is 0 Å². The van der Waals surface area contributed by atoms with Gasteiger partial charge >= 0.3 is 0 Å². The molecule has 6 heteroatoms. The third kappa shape index (κ3) is 5.42. The number of nitrogens with zero attached hydrogens (tertiary/aromatic N) is 1. The predicted molar refractivity (Wildman–Crippen MR) is 96.6 cm³/mol. The first kappa shape index (κ1) is 18.2. The third-order valence-corrected chi connectivity index (χ3v) is 5.08. The third-order valence-electron chi connectivity index (χ3n) is 5.08. The first-order chi connectivity index (χ1) is 12.2. The maximum absolute atomic E-state index is 12.1. The fourth-order valence-electron chi connectivity index (χ4n) is 3.44. The minimum Gasteiger partial charge on any atom is -0.497 e. The van der Waals surface area contributed by atoms with Crippen molar-refractivity contribution in [2.75, 3.05) is 46.5 Å². The maximum Gasteiger partial charge on any atom is 0.239 e. The van der Waals surface area contributed by atoms with E-state index in [-0.39, 0.29) is 11.9 Å². The van der Waals surface area contributed by atoms with Crippen LogP contribution in [0.2, 0.25) is 0 Å². The number of amides is 1. The Hall–Kier alpha value is -1.63. The summed E-state index contributed by atoms with van der Waals surface area (Å²) in [5, 5.41) is 6.28. The Morgan fingerprint density at radius 2 is 2.08 bits per heavy atom. The summed E-state index contributed by atoms with van der Waals surface area (Å²) in [6.07, 6.45) is 2.26. The van der Waals surface area contributed by atoms with Crippen molar-refractivity contribution in [3.63, 3.8) is 0 Å². The molecule has 1 aromatic rings. The number of methoxy groups -OCH3 is 1. The summed E-state index contributed by atoms with van der Waals surface area (Å²) in [6.45, 7) is 5.83. The summed E-state index contributed by atoms with van der Waals surface area (Å²) in [5.41, 5.74) is 1.32. The lowest BCUT2D eigenvalue weighted by atomic mass is 9.96. The number of hydrogen-bond acceptors (Lipinski definition) is 5. The van der Waals surface area contributed by atoms with Gasteiger partial charge in [-0.05, 0) is 49.5 Å². The second-order valence-corrected chi connectivity index (χ2v) is 6.89. The van der Waals surface area contributed by atoms with E-state index in [2.05, 4.69) is 27.7 Å². The van der Waals surface area contributed by atoms with Gasteiger partial charge in [0.1, 0.15) is 11.8 Å². The van der Waals surface area contributed by atoms with Crippen molar-refractivity contribution in [2.24, 2.45) is 5.92 Å². The Morgan fingerprint density at radius 3 is 2.72 bits per heavy atom. The number of carbonyl (C=O) groups is 1. The van der Waals surface area contributed by atoms with E-state index in [1.165, 1.54) is 5.56 Å². The number of carbonyl (C=O) groups excluding carboxylic acids is 1. The molecule has 0 bridgehead atoms. The fraction of sp³-hybridized carbons (Fsp3) is 0.632. The topological polar surface area (TPSA) is 62.8 Å². The molecule has 2 heterocycles. The summed E-state index contributed by atoms with van der Waals surface area (Å²) in [6, 6.07) is 8.10. The van der Waals surface area contributed by atoms with E-state index in [4.69, 9.17) is 9.47 Å². The van der Waals surface area contributed by atoms with Gasteiger partial charge in [-0.1, -0.05) is 12.1 Å². The molecule has 0 radical (unpaired) electrons. The first-order valence-electron chi connectivity index (χ1n) is 9.18. The van der Waals surface area contributed by atoms with E-state index < -0.39 is 0 Å². The van der Waals surface area contributed by atoms with Crippen molar-refractivity contribution < 1.29 is 14.3 Å². The van der Waals surface area contributed by atoms with Gasteiger partial charge in [0, 0.05) is 19.6 Å². The number of benzene rings is 1. The number of rotatable bonds is 6. The summed E-state index contributed by atoms with van der Waals surface area (Å²) in [7, 11) is 1.69. The molecule has 2 saturated heterocycles. The molecule has 1 aromatic carbocycles. The van der Waals surface area contributed by atoms with E-state index in [0.717, 1.165) is 51.3 Å². The van der Waals surface area contributed by atoms with Gasteiger partial charge in [-0.15, -0.1) is 0 Å². The van der Waals surface area contributed by atoms with Crippen LogP contribution in [0.1, 0.15) is 18.4 Å². The highest BCUT2D eigenvalue weighted by Crippen LogP contribution is 2.19. The summed E-state index contributed by atoms with van der Waals surface area (Å²) >= 11 is 0. The molecular weight excluding hydrogens is 318 g/mol. The Bertz CT molecular complexity index is 535. The molecule has 3 rings (SSSR count). The normalized spacial score (nSPS) is 22.5. The van der Waals surface area contributed by atoms with Gasteiger partial charge in [0.15, 0.2) is 0 Å². The van der Waals surface area contributed by atoms with Crippen molar-refractivity contribution in [1.82, 2.24) is 15.5 Å². The molecule has 0 saturated carbocycles. The lowest BCUT2D eigenvalue weighted by molar-refractivity contribution is -0.126. The Morgan fingerprint density at radius 1 is 1.32 bits per heavy atom. The van der Waals surface area contributed by atoms with Gasteiger partial charge < -0.3 is 20.1 Å². The van der Waals surface area contributed by atoms with Crippen LogP contribution in [0, 0.1) is 5.92 Å². The van der Waals surface area contributed by atoms with Gasteiger partial charge in [-0.2, -0.15) is 0 Å². The van der Waals surface area contributed by atoms with Crippen LogP contribution in [-0.4, -0.2) is 63.4 Å². The van der Waals surface area contributed by atoms with Gasteiger partial charge in [0.2, 0.25) is 5.91 Å². The number of nitrogens with one attached hydrogen (secondary N) is 2. The SMILES string of the molecule is COc1ccc(CN2CCC(CNC(=O)[C@@H]3COCCN3)CC2)cc1. The van der Waals surface area contributed by atoms with E-state index in [0.29, 0.717) is 19.1 Å².